The fourth-order valence-corrected chi connectivity index (χ4v) is 4.80. The second-order valence-corrected chi connectivity index (χ2v) is 8.13. The van der Waals surface area contributed by atoms with Crippen LogP contribution in [0, 0.1) is 0 Å². The molecule has 1 atom stereocenters. The predicted molar refractivity (Wildman–Crippen MR) is 109 cm³/mol. The quantitative estimate of drug-likeness (QED) is 0.727. The molecule has 3 aromatic rings. The van der Waals surface area contributed by atoms with Gasteiger partial charge in [0.1, 0.15) is 0 Å². The molecule has 0 bridgehead atoms. The molecule has 1 fully saturated rings. The van der Waals surface area contributed by atoms with E-state index in [0.717, 1.165) is 26.1 Å². The highest BCUT2D eigenvalue weighted by Crippen LogP contribution is 2.28. The molecule has 4 rings (SSSR count). The molecule has 0 radical (unpaired) electrons. The summed E-state index contributed by atoms with van der Waals surface area (Å²) in [7, 11) is 3.24. The third kappa shape index (κ3) is 3.50. The van der Waals surface area contributed by atoms with E-state index in [2.05, 4.69) is 39.9 Å². The summed E-state index contributed by atoms with van der Waals surface area (Å²) in [4.78, 5) is 27.0. The number of benzene rings is 1. The molecule has 142 valence electrons. The van der Waals surface area contributed by atoms with Crippen molar-refractivity contribution in [1.29, 1.82) is 0 Å². The van der Waals surface area contributed by atoms with Gasteiger partial charge in [0.15, 0.2) is 0 Å². The van der Waals surface area contributed by atoms with E-state index in [4.69, 9.17) is 0 Å². The SMILES string of the molecule is Cn1cc(CN(Cc2csc3ccccc23)[C@@H]2CCNC2)c(=O)n(C)c1=O. The number of hydrogen-bond donors (Lipinski definition) is 1. The summed E-state index contributed by atoms with van der Waals surface area (Å²) in [6, 6.07) is 8.83. The summed E-state index contributed by atoms with van der Waals surface area (Å²) in [6.45, 7) is 3.25. The Kier molecular flexibility index (Phi) is 4.99. The van der Waals surface area contributed by atoms with Gasteiger partial charge in [0.25, 0.3) is 5.56 Å². The van der Waals surface area contributed by atoms with Gasteiger partial charge in [-0.05, 0) is 35.4 Å². The zero-order valence-electron chi connectivity index (χ0n) is 15.6. The average molecular weight is 385 g/mol. The third-order valence-electron chi connectivity index (χ3n) is 5.38. The molecule has 1 N–H and O–H groups in total. The number of fused-ring (bicyclic) bond motifs is 1. The van der Waals surface area contributed by atoms with E-state index >= 15 is 0 Å². The van der Waals surface area contributed by atoms with Crippen LogP contribution in [0.15, 0.2) is 45.4 Å². The molecule has 6 nitrogen and oxygen atoms in total. The highest BCUT2D eigenvalue weighted by atomic mass is 32.1. The standard InChI is InChI=1S/C20H24N4O2S/c1-22-10-14(19(25)23(2)20(22)26)11-24(16-7-8-21-9-16)12-15-13-27-18-6-4-3-5-17(15)18/h3-6,10,13,16,21H,7-9,11-12H2,1-2H3/t16-/m1/s1. The number of aryl methyl sites for hydroxylation is 1. The molecule has 1 aliphatic rings. The van der Waals surface area contributed by atoms with Crippen LogP contribution in [-0.4, -0.2) is 33.2 Å². The predicted octanol–water partition coefficient (Wildman–Crippen LogP) is 1.66. The Morgan fingerprint density at radius 2 is 1.96 bits per heavy atom. The highest BCUT2D eigenvalue weighted by Gasteiger charge is 2.24. The number of hydrogen-bond acceptors (Lipinski definition) is 5. The van der Waals surface area contributed by atoms with Crippen molar-refractivity contribution in [2.75, 3.05) is 13.1 Å². The van der Waals surface area contributed by atoms with Crippen molar-refractivity contribution in [2.24, 2.45) is 14.1 Å². The van der Waals surface area contributed by atoms with E-state index in [9.17, 15) is 9.59 Å². The first-order valence-corrected chi connectivity index (χ1v) is 10.1. The van der Waals surface area contributed by atoms with E-state index in [1.165, 1.54) is 24.8 Å². The van der Waals surface area contributed by atoms with Crippen LogP contribution in [0.1, 0.15) is 17.5 Å². The molecule has 0 saturated carbocycles. The van der Waals surface area contributed by atoms with E-state index in [1.54, 1.807) is 31.6 Å². The molecule has 2 aromatic heterocycles. The summed E-state index contributed by atoms with van der Waals surface area (Å²) < 4.78 is 3.97. The zero-order chi connectivity index (χ0) is 19.0. The lowest BCUT2D eigenvalue weighted by Gasteiger charge is -2.28. The van der Waals surface area contributed by atoms with Gasteiger partial charge < -0.3 is 9.88 Å². The number of rotatable bonds is 5. The topological polar surface area (TPSA) is 59.3 Å². The lowest BCUT2D eigenvalue weighted by molar-refractivity contribution is 0.189. The zero-order valence-corrected chi connectivity index (χ0v) is 16.5. The van der Waals surface area contributed by atoms with Gasteiger partial charge in [0, 0.05) is 56.2 Å². The first kappa shape index (κ1) is 18.2. The molecular weight excluding hydrogens is 360 g/mol. The van der Waals surface area contributed by atoms with Crippen LogP contribution >= 0.6 is 11.3 Å². The molecule has 1 aliphatic heterocycles. The second kappa shape index (κ2) is 7.42. The molecule has 1 saturated heterocycles. The highest BCUT2D eigenvalue weighted by molar-refractivity contribution is 7.17. The first-order chi connectivity index (χ1) is 13.0. The van der Waals surface area contributed by atoms with Gasteiger partial charge >= 0.3 is 5.69 Å². The molecule has 0 spiro atoms. The lowest BCUT2D eigenvalue weighted by atomic mass is 10.1. The molecule has 1 aromatic carbocycles. The second-order valence-electron chi connectivity index (χ2n) is 7.22. The molecule has 0 unspecified atom stereocenters. The fraction of sp³-hybridized carbons (Fsp3) is 0.400. The van der Waals surface area contributed by atoms with Crippen molar-refractivity contribution >= 4 is 21.4 Å². The van der Waals surface area contributed by atoms with Crippen LogP contribution in [-0.2, 0) is 27.2 Å². The third-order valence-corrected chi connectivity index (χ3v) is 6.39. The van der Waals surface area contributed by atoms with Crippen molar-refractivity contribution in [2.45, 2.75) is 25.6 Å². The van der Waals surface area contributed by atoms with Crippen molar-refractivity contribution < 1.29 is 0 Å². The monoisotopic (exact) mass is 384 g/mol. The van der Waals surface area contributed by atoms with Gasteiger partial charge in [-0.1, -0.05) is 18.2 Å². The van der Waals surface area contributed by atoms with Gasteiger partial charge in [0.05, 0.1) is 0 Å². The number of nitrogens with one attached hydrogen (secondary N) is 1. The van der Waals surface area contributed by atoms with Crippen molar-refractivity contribution in [3.8, 4) is 0 Å². The Hall–Kier alpha value is -2.22. The van der Waals surface area contributed by atoms with Gasteiger partial charge in [-0.3, -0.25) is 14.3 Å². The average Bonchev–Trinajstić information content (AvgIpc) is 3.34. The summed E-state index contributed by atoms with van der Waals surface area (Å²) in [5, 5.41) is 6.93. The molecule has 7 heteroatoms. The van der Waals surface area contributed by atoms with Gasteiger partial charge in [-0.15, -0.1) is 11.3 Å². The normalized spacial score (nSPS) is 17.2. The minimum Gasteiger partial charge on any atom is -0.315 e. The van der Waals surface area contributed by atoms with Crippen molar-refractivity contribution in [3.05, 3.63) is 67.8 Å². The molecule has 3 heterocycles. The Bertz CT molecular complexity index is 1080. The Morgan fingerprint density at radius 3 is 2.74 bits per heavy atom. The summed E-state index contributed by atoms with van der Waals surface area (Å²) >= 11 is 1.76. The number of thiophene rings is 1. The number of aromatic nitrogens is 2. The van der Waals surface area contributed by atoms with E-state index in [0.29, 0.717) is 18.2 Å². The van der Waals surface area contributed by atoms with Crippen molar-refractivity contribution in [1.82, 2.24) is 19.4 Å². The van der Waals surface area contributed by atoms with Crippen LogP contribution < -0.4 is 16.6 Å². The fourth-order valence-electron chi connectivity index (χ4n) is 3.85. The Morgan fingerprint density at radius 1 is 1.19 bits per heavy atom. The van der Waals surface area contributed by atoms with Crippen LogP contribution in [0.2, 0.25) is 0 Å². The maximum Gasteiger partial charge on any atom is 0.330 e. The Labute approximate surface area is 161 Å². The summed E-state index contributed by atoms with van der Waals surface area (Å²) in [5.74, 6) is 0. The van der Waals surface area contributed by atoms with Crippen molar-refractivity contribution in [3.63, 3.8) is 0 Å². The minimum absolute atomic E-state index is 0.204. The molecule has 0 aliphatic carbocycles. The van der Waals surface area contributed by atoms with Crippen LogP contribution in [0.3, 0.4) is 0 Å². The van der Waals surface area contributed by atoms with Gasteiger partial charge in [-0.2, -0.15) is 0 Å². The van der Waals surface area contributed by atoms with Crippen LogP contribution in [0.4, 0.5) is 0 Å². The number of nitrogens with zero attached hydrogens (tertiary/aromatic N) is 3. The minimum atomic E-state index is -0.290. The first-order valence-electron chi connectivity index (χ1n) is 9.20. The van der Waals surface area contributed by atoms with Crippen LogP contribution in [0.25, 0.3) is 10.1 Å². The van der Waals surface area contributed by atoms with Gasteiger partial charge in [0.2, 0.25) is 0 Å². The van der Waals surface area contributed by atoms with E-state index in [1.807, 2.05) is 0 Å². The largest absolute Gasteiger partial charge is 0.330 e. The maximum atomic E-state index is 12.6. The molecular formula is C20H24N4O2S. The summed E-state index contributed by atoms with van der Waals surface area (Å²) in [5.41, 5.74) is 1.46. The van der Waals surface area contributed by atoms with Gasteiger partial charge in [-0.25, -0.2) is 4.79 Å². The molecule has 0 amide bonds. The maximum absolute atomic E-state index is 12.6. The van der Waals surface area contributed by atoms with E-state index in [-0.39, 0.29) is 11.2 Å². The molecule has 27 heavy (non-hydrogen) atoms. The smallest absolute Gasteiger partial charge is 0.315 e. The summed E-state index contributed by atoms with van der Waals surface area (Å²) in [6.07, 6.45) is 2.75. The lowest BCUT2D eigenvalue weighted by Crippen LogP contribution is -2.42. The van der Waals surface area contributed by atoms with Crippen LogP contribution in [0.5, 0.6) is 0 Å². The van der Waals surface area contributed by atoms with E-state index < -0.39 is 0 Å². The Balaban J connectivity index is 1.68.